The van der Waals surface area contributed by atoms with Gasteiger partial charge >= 0.3 is 19.8 Å². The van der Waals surface area contributed by atoms with E-state index >= 15 is 0 Å². The van der Waals surface area contributed by atoms with Crippen molar-refractivity contribution < 1.29 is 42.3 Å². The highest BCUT2D eigenvalue weighted by Crippen LogP contribution is 2.43. The maximum absolute atomic E-state index is 12.7. The van der Waals surface area contributed by atoms with Crippen LogP contribution in [0.1, 0.15) is 219 Å². The minimum atomic E-state index is -4.40. The molecule has 0 aromatic heterocycles. The van der Waals surface area contributed by atoms with E-state index in [-0.39, 0.29) is 44.8 Å². The van der Waals surface area contributed by atoms with Gasteiger partial charge in [0.2, 0.25) is 0 Å². The summed E-state index contributed by atoms with van der Waals surface area (Å²) < 4.78 is 38.7. The number of unbranched alkanes of at least 4 members (excludes halogenated alkanes) is 23. The van der Waals surface area contributed by atoms with Crippen LogP contribution in [0.5, 0.6) is 0 Å². The van der Waals surface area contributed by atoms with Crippen molar-refractivity contribution in [2.75, 3.05) is 26.4 Å². The van der Waals surface area contributed by atoms with E-state index in [1.54, 1.807) is 0 Å². The molecule has 10 nitrogen and oxygen atoms in total. The lowest BCUT2D eigenvalue weighted by atomic mass is 10.0. The number of carbonyl (C=O) groups is 2. The average Bonchev–Trinajstić information content (AvgIpc) is 3.99. The highest BCUT2D eigenvalue weighted by atomic mass is 31.2. The van der Waals surface area contributed by atoms with Crippen molar-refractivity contribution in [1.82, 2.24) is 0 Å². The summed E-state index contributed by atoms with van der Waals surface area (Å²) in [5.41, 5.74) is 5.36. The van der Waals surface area contributed by atoms with Gasteiger partial charge in [-0.15, -0.1) is 0 Å². The number of nitrogens with two attached hydrogens (primary N) is 1. The van der Waals surface area contributed by atoms with Gasteiger partial charge in [0.1, 0.15) is 6.61 Å². The standard InChI is InChI=1S/C49H90NO9P/c1-3-5-7-9-11-13-15-17-18-19-20-21-22-23-24-25-27-29-31-33-35-39-48(51)55-43-45(44-57-60(53,54)56-42-41-50)58-49(52)40-36-38-47-46(59-47)37-34-32-30-28-26-16-14-12-10-8-6-4-2/h12,14,26,28,32,34,45-47H,3-11,13,15-25,27,29-31,33,35-44,50H2,1-2H3,(H,53,54)/b14-12-,28-26-,34-32-/t45-,46?,47?/m1/s1. The molecule has 350 valence electrons. The van der Waals surface area contributed by atoms with E-state index in [1.807, 2.05) is 0 Å². The molecule has 0 aliphatic carbocycles. The summed E-state index contributed by atoms with van der Waals surface area (Å²) in [6, 6.07) is 0. The molecule has 0 amide bonds. The maximum Gasteiger partial charge on any atom is 0.472 e. The normalized spacial score (nSPS) is 16.9. The Bertz CT molecular complexity index is 1150. The fourth-order valence-corrected chi connectivity index (χ4v) is 7.96. The summed E-state index contributed by atoms with van der Waals surface area (Å²) >= 11 is 0. The minimum Gasteiger partial charge on any atom is -0.462 e. The van der Waals surface area contributed by atoms with E-state index in [2.05, 4.69) is 50.3 Å². The molecular formula is C49H90NO9P. The molecule has 11 heteroatoms. The van der Waals surface area contributed by atoms with Gasteiger partial charge in [-0.25, -0.2) is 4.57 Å². The van der Waals surface area contributed by atoms with Crippen molar-refractivity contribution in [3.8, 4) is 0 Å². The zero-order chi connectivity index (χ0) is 43.6. The Balaban J connectivity index is 2.16. The molecule has 3 unspecified atom stereocenters. The molecule has 0 saturated carbocycles. The highest BCUT2D eigenvalue weighted by Gasteiger charge is 2.37. The smallest absolute Gasteiger partial charge is 0.462 e. The molecule has 0 radical (unpaired) electrons. The summed E-state index contributed by atoms with van der Waals surface area (Å²) in [6.07, 6.45) is 49.2. The van der Waals surface area contributed by atoms with E-state index in [1.165, 1.54) is 135 Å². The van der Waals surface area contributed by atoms with Gasteiger partial charge in [-0.05, 0) is 51.4 Å². The molecule has 0 aromatic rings. The van der Waals surface area contributed by atoms with Crippen LogP contribution in [0.4, 0.5) is 0 Å². The molecule has 1 fully saturated rings. The zero-order valence-electron chi connectivity index (χ0n) is 38.4. The number of esters is 2. The second-order valence-electron chi connectivity index (χ2n) is 16.7. The monoisotopic (exact) mass is 868 g/mol. The number of hydrogen-bond acceptors (Lipinski definition) is 9. The molecule has 60 heavy (non-hydrogen) atoms. The SMILES string of the molecule is CCCCC/C=C\C/C=C\C/C=C\CC1OC1CCCC(=O)O[C@H](COC(=O)CCCCCCCCCCCCCCCCCCCCCCC)COP(=O)(O)OCCN. The first-order valence-electron chi connectivity index (χ1n) is 24.6. The summed E-state index contributed by atoms with van der Waals surface area (Å²) in [7, 11) is -4.40. The van der Waals surface area contributed by atoms with Gasteiger partial charge in [0, 0.05) is 19.4 Å². The van der Waals surface area contributed by atoms with Gasteiger partial charge in [0.25, 0.3) is 0 Å². The predicted octanol–water partition coefficient (Wildman–Crippen LogP) is 13.5. The lowest BCUT2D eigenvalue weighted by Gasteiger charge is -2.19. The van der Waals surface area contributed by atoms with Gasteiger partial charge in [0.15, 0.2) is 6.10 Å². The Morgan fingerprint density at radius 1 is 0.600 bits per heavy atom. The molecule has 0 aromatic carbocycles. The van der Waals surface area contributed by atoms with Crippen LogP contribution < -0.4 is 5.73 Å². The summed E-state index contributed by atoms with van der Waals surface area (Å²) in [6.45, 7) is 3.65. The fraction of sp³-hybridized carbons (Fsp3) is 0.837. The van der Waals surface area contributed by atoms with Crippen LogP contribution in [0, 0.1) is 0 Å². The molecule has 1 aliphatic heterocycles. The first kappa shape index (κ1) is 56.2. The van der Waals surface area contributed by atoms with Crippen LogP contribution in [0.3, 0.4) is 0 Å². The van der Waals surface area contributed by atoms with Crippen LogP contribution in [0.2, 0.25) is 0 Å². The largest absolute Gasteiger partial charge is 0.472 e. The minimum absolute atomic E-state index is 0.0417. The second-order valence-corrected chi connectivity index (χ2v) is 18.2. The van der Waals surface area contributed by atoms with Crippen LogP contribution >= 0.6 is 7.82 Å². The van der Waals surface area contributed by atoms with Crippen LogP contribution in [0.15, 0.2) is 36.5 Å². The van der Waals surface area contributed by atoms with Crippen molar-refractivity contribution in [2.45, 2.75) is 238 Å². The van der Waals surface area contributed by atoms with Crippen molar-refractivity contribution in [1.29, 1.82) is 0 Å². The molecule has 0 spiro atoms. The number of hydrogen-bond donors (Lipinski definition) is 2. The Morgan fingerprint density at radius 3 is 1.63 bits per heavy atom. The van der Waals surface area contributed by atoms with E-state index in [9.17, 15) is 19.0 Å². The van der Waals surface area contributed by atoms with Gasteiger partial charge in [-0.1, -0.05) is 192 Å². The summed E-state index contributed by atoms with van der Waals surface area (Å²) in [4.78, 5) is 35.1. The highest BCUT2D eigenvalue weighted by molar-refractivity contribution is 7.47. The third-order valence-electron chi connectivity index (χ3n) is 11.0. The lowest BCUT2D eigenvalue weighted by molar-refractivity contribution is -0.161. The van der Waals surface area contributed by atoms with E-state index in [4.69, 9.17) is 29.0 Å². The number of phosphoric ester groups is 1. The lowest BCUT2D eigenvalue weighted by Crippen LogP contribution is -2.29. The van der Waals surface area contributed by atoms with Crippen molar-refractivity contribution in [2.24, 2.45) is 5.73 Å². The third kappa shape index (κ3) is 37.9. The van der Waals surface area contributed by atoms with Crippen LogP contribution in [-0.2, 0) is 37.4 Å². The van der Waals surface area contributed by atoms with Gasteiger partial charge in [-0.2, -0.15) is 0 Å². The summed E-state index contributed by atoms with van der Waals surface area (Å²) in [5, 5.41) is 0. The van der Waals surface area contributed by atoms with Crippen molar-refractivity contribution >= 4 is 19.8 Å². The zero-order valence-corrected chi connectivity index (χ0v) is 39.3. The Kier molecular flexibility index (Phi) is 38.6. The number of rotatable bonds is 45. The van der Waals surface area contributed by atoms with Crippen molar-refractivity contribution in [3.63, 3.8) is 0 Å². The molecule has 1 heterocycles. The molecule has 1 aliphatic rings. The third-order valence-corrected chi connectivity index (χ3v) is 11.9. The average molecular weight is 868 g/mol. The fourth-order valence-electron chi connectivity index (χ4n) is 7.19. The number of epoxide rings is 1. The number of ether oxygens (including phenoxy) is 3. The second kappa shape index (κ2) is 41.2. The van der Waals surface area contributed by atoms with Gasteiger partial charge < -0.3 is 24.8 Å². The number of phosphoric acid groups is 1. The quantitative estimate of drug-likeness (QED) is 0.0199. The van der Waals surface area contributed by atoms with Gasteiger partial charge in [0.05, 0.1) is 25.4 Å². The van der Waals surface area contributed by atoms with Gasteiger partial charge in [-0.3, -0.25) is 18.6 Å². The first-order valence-corrected chi connectivity index (χ1v) is 26.1. The molecule has 1 rings (SSSR count). The first-order chi connectivity index (χ1) is 29.3. The Hall–Kier alpha value is -1.81. The topological polar surface area (TPSA) is 147 Å². The predicted molar refractivity (Wildman–Crippen MR) is 247 cm³/mol. The van der Waals surface area contributed by atoms with Crippen LogP contribution in [0.25, 0.3) is 0 Å². The van der Waals surface area contributed by atoms with E-state index in [0.717, 1.165) is 51.4 Å². The maximum atomic E-state index is 12.7. The molecule has 3 N–H and O–H groups in total. The molecule has 0 bridgehead atoms. The number of carbonyl (C=O) groups excluding carboxylic acids is 2. The number of allylic oxidation sites excluding steroid dienone is 5. The summed E-state index contributed by atoms with van der Waals surface area (Å²) in [5.74, 6) is -0.896. The van der Waals surface area contributed by atoms with Crippen molar-refractivity contribution in [3.05, 3.63) is 36.5 Å². The molecule has 1 saturated heterocycles. The van der Waals surface area contributed by atoms with Crippen LogP contribution in [-0.4, -0.2) is 61.5 Å². The van der Waals surface area contributed by atoms with E-state index in [0.29, 0.717) is 6.42 Å². The van der Waals surface area contributed by atoms with E-state index < -0.39 is 32.5 Å². The molecule has 4 atom stereocenters. The molecular weight excluding hydrogens is 778 g/mol. The Morgan fingerprint density at radius 2 is 1.08 bits per heavy atom. The Labute approximate surface area is 367 Å².